The lowest BCUT2D eigenvalue weighted by Crippen LogP contribution is -2.02. The zero-order chi connectivity index (χ0) is 12.5. The molecular formula is C13H10Cl2N2O. The van der Waals surface area contributed by atoms with Gasteiger partial charge in [-0.15, -0.1) is 11.6 Å². The molecule has 2 aromatic heterocycles. The molecule has 0 bridgehead atoms. The fourth-order valence-electron chi connectivity index (χ4n) is 2.00. The van der Waals surface area contributed by atoms with E-state index in [1.165, 1.54) is 0 Å². The van der Waals surface area contributed by atoms with Crippen molar-refractivity contribution in [3.8, 4) is 0 Å². The molecule has 2 heterocycles. The van der Waals surface area contributed by atoms with Gasteiger partial charge >= 0.3 is 0 Å². The molecule has 0 saturated carbocycles. The van der Waals surface area contributed by atoms with Gasteiger partial charge in [0.1, 0.15) is 5.82 Å². The molecule has 5 heteroatoms. The van der Waals surface area contributed by atoms with Crippen LogP contribution in [0, 0.1) is 0 Å². The van der Waals surface area contributed by atoms with Crippen LogP contribution >= 0.6 is 23.2 Å². The normalized spacial score (nSPS) is 11.2. The van der Waals surface area contributed by atoms with E-state index in [1.54, 1.807) is 12.5 Å². The molecule has 0 spiro atoms. The van der Waals surface area contributed by atoms with Gasteiger partial charge in [-0.3, -0.25) is 0 Å². The second-order valence-corrected chi connectivity index (χ2v) is 4.72. The number of fused-ring (bicyclic) bond motifs is 1. The average molecular weight is 281 g/mol. The first-order valence-corrected chi connectivity index (χ1v) is 6.41. The molecule has 18 heavy (non-hydrogen) atoms. The highest BCUT2D eigenvalue weighted by Gasteiger charge is 2.11. The summed E-state index contributed by atoms with van der Waals surface area (Å²) in [6.07, 6.45) is 3.38. The Kier molecular flexibility index (Phi) is 3.02. The number of furan rings is 1. The molecule has 0 aliphatic carbocycles. The van der Waals surface area contributed by atoms with Crippen LogP contribution in [0.4, 0.5) is 0 Å². The van der Waals surface area contributed by atoms with Gasteiger partial charge in [0.15, 0.2) is 0 Å². The van der Waals surface area contributed by atoms with E-state index in [-0.39, 0.29) is 0 Å². The van der Waals surface area contributed by atoms with Crippen LogP contribution in [-0.2, 0) is 12.4 Å². The smallest absolute Gasteiger partial charge is 0.125 e. The first-order chi connectivity index (χ1) is 8.78. The Bertz CT molecular complexity index is 674. The van der Waals surface area contributed by atoms with Crippen molar-refractivity contribution in [2.75, 3.05) is 0 Å². The molecule has 1 aromatic carbocycles. The summed E-state index contributed by atoms with van der Waals surface area (Å²) < 4.78 is 7.15. The lowest BCUT2D eigenvalue weighted by atomic mass is 10.3. The zero-order valence-corrected chi connectivity index (χ0v) is 10.9. The van der Waals surface area contributed by atoms with Gasteiger partial charge < -0.3 is 8.98 Å². The Hall–Kier alpha value is -1.45. The highest BCUT2D eigenvalue weighted by atomic mass is 35.5. The average Bonchev–Trinajstić information content (AvgIpc) is 2.97. The van der Waals surface area contributed by atoms with Gasteiger partial charge in [-0.2, -0.15) is 0 Å². The van der Waals surface area contributed by atoms with Crippen LogP contribution in [0.25, 0.3) is 11.0 Å². The van der Waals surface area contributed by atoms with Gasteiger partial charge in [0.2, 0.25) is 0 Å². The maximum Gasteiger partial charge on any atom is 0.125 e. The minimum atomic E-state index is 0.365. The fourth-order valence-corrected chi connectivity index (χ4v) is 2.37. The summed E-state index contributed by atoms with van der Waals surface area (Å²) >= 11 is 11.9. The molecule has 0 amide bonds. The molecular weight excluding hydrogens is 271 g/mol. The molecule has 3 aromatic rings. The van der Waals surface area contributed by atoms with E-state index in [0.29, 0.717) is 17.4 Å². The summed E-state index contributed by atoms with van der Waals surface area (Å²) in [5.74, 6) is 1.19. The summed E-state index contributed by atoms with van der Waals surface area (Å²) in [6.45, 7) is 0.691. The summed E-state index contributed by atoms with van der Waals surface area (Å²) in [4.78, 5) is 4.49. The van der Waals surface area contributed by atoms with E-state index in [0.717, 1.165) is 22.4 Å². The van der Waals surface area contributed by atoms with E-state index in [4.69, 9.17) is 27.6 Å². The first-order valence-electron chi connectivity index (χ1n) is 5.49. The Morgan fingerprint density at radius 2 is 2.17 bits per heavy atom. The second kappa shape index (κ2) is 4.67. The van der Waals surface area contributed by atoms with Gasteiger partial charge in [0, 0.05) is 10.6 Å². The predicted octanol–water partition coefficient (Wildman–Crippen LogP) is 4.07. The van der Waals surface area contributed by atoms with Crippen molar-refractivity contribution in [2.45, 2.75) is 12.4 Å². The molecule has 0 N–H and O–H groups in total. The van der Waals surface area contributed by atoms with Crippen molar-refractivity contribution in [2.24, 2.45) is 0 Å². The quantitative estimate of drug-likeness (QED) is 0.677. The maximum atomic E-state index is 5.97. The van der Waals surface area contributed by atoms with E-state index >= 15 is 0 Å². The monoisotopic (exact) mass is 280 g/mol. The van der Waals surface area contributed by atoms with E-state index in [1.807, 2.05) is 24.3 Å². The number of benzene rings is 1. The maximum absolute atomic E-state index is 5.97. The van der Waals surface area contributed by atoms with Crippen LogP contribution in [0.15, 0.2) is 41.2 Å². The van der Waals surface area contributed by atoms with Crippen molar-refractivity contribution in [1.82, 2.24) is 9.55 Å². The van der Waals surface area contributed by atoms with Crippen LogP contribution in [-0.4, -0.2) is 9.55 Å². The molecule has 0 aliphatic rings. The number of halogens is 2. The third kappa shape index (κ3) is 2.00. The van der Waals surface area contributed by atoms with Crippen LogP contribution in [0.5, 0.6) is 0 Å². The Morgan fingerprint density at radius 1 is 1.28 bits per heavy atom. The van der Waals surface area contributed by atoms with Gasteiger partial charge in [-0.25, -0.2) is 4.98 Å². The Morgan fingerprint density at radius 3 is 2.89 bits per heavy atom. The standard InChI is InChI=1S/C13H10Cl2N2O/c14-6-13-16-11-5-10(15)1-2-12(11)17(13)7-9-3-4-18-8-9/h1-5,8H,6-7H2. The van der Waals surface area contributed by atoms with Crippen molar-refractivity contribution in [3.63, 3.8) is 0 Å². The minimum Gasteiger partial charge on any atom is -0.472 e. The molecule has 0 atom stereocenters. The predicted molar refractivity (Wildman–Crippen MR) is 72.1 cm³/mol. The molecule has 0 saturated heterocycles. The number of hydrogen-bond acceptors (Lipinski definition) is 2. The van der Waals surface area contributed by atoms with E-state index in [2.05, 4.69) is 9.55 Å². The van der Waals surface area contributed by atoms with Crippen LogP contribution in [0.3, 0.4) is 0 Å². The van der Waals surface area contributed by atoms with Crippen molar-refractivity contribution < 1.29 is 4.42 Å². The third-order valence-corrected chi connectivity index (χ3v) is 3.30. The number of rotatable bonds is 3. The Labute approximate surface area is 114 Å². The molecule has 92 valence electrons. The number of aromatic nitrogens is 2. The summed E-state index contributed by atoms with van der Waals surface area (Å²) in [5.41, 5.74) is 2.97. The third-order valence-electron chi connectivity index (χ3n) is 2.83. The molecule has 0 fully saturated rings. The zero-order valence-electron chi connectivity index (χ0n) is 9.44. The summed E-state index contributed by atoms with van der Waals surface area (Å²) in [7, 11) is 0. The number of hydrogen-bond donors (Lipinski definition) is 0. The lowest BCUT2D eigenvalue weighted by molar-refractivity contribution is 0.562. The minimum absolute atomic E-state index is 0.365. The second-order valence-electron chi connectivity index (χ2n) is 4.01. The van der Waals surface area contributed by atoms with E-state index in [9.17, 15) is 0 Å². The highest BCUT2D eigenvalue weighted by Crippen LogP contribution is 2.22. The van der Waals surface area contributed by atoms with Crippen molar-refractivity contribution in [3.05, 3.63) is 53.2 Å². The number of alkyl halides is 1. The lowest BCUT2D eigenvalue weighted by Gasteiger charge is -2.05. The topological polar surface area (TPSA) is 31.0 Å². The fraction of sp³-hybridized carbons (Fsp3) is 0.154. The van der Waals surface area contributed by atoms with E-state index < -0.39 is 0 Å². The van der Waals surface area contributed by atoms with Crippen molar-refractivity contribution in [1.29, 1.82) is 0 Å². The number of nitrogens with zero attached hydrogens (tertiary/aromatic N) is 2. The Balaban J connectivity index is 2.13. The van der Waals surface area contributed by atoms with Crippen LogP contribution in [0.1, 0.15) is 11.4 Å². The summed E-state index contributed by atoms with van der Waals surface area (Å²) in [6, 6.07) is 7.59. The number of imidazole rings is 1. The molecule has 0 aliphatic heterocycles. The largest absolute Gasteiger partial charge is 0.472 e. The van der Waals surface area contributed by atoms with Crippen molar-refractivity contribution >= 4 is 34.2 Å². The summed E-state index contributed by atoms with van der Waals surface area (Å²) in [5, 5.41) is 0.677. The van der Waals surface area contributed by atoms with Gasteiger partial charge in [0.05, 0.1) is 36.0 Å². The first kappa shape index (κ1) is 11.6. The van der Waals surface area contributed by atoms with Gasteiger partial charge in [0.25, 0.3) is 0 Å². The van der Waals surface area contributed by atoms with Gasteiger partial charge in [-0.1, -0.05) is 11.6 Å². The molecule has 3 nitrogen and oxygen atoms in total. The molecule has 0 radical (unpaired) electrons. The highest BCUT2D eigenvalue weighted by molar-refractivity contribution is 6.31. The molecule has 3 rings (SSSR count). The van der Waals surface area contributed by atoms with Gasteiger partial charge in [-0.05, 0) is 24.3 Å². The SMILES string of the molecule is ClCc1nc2cc(Cl)ccc2n1Cc1ccoc1. The molecule has 0 unspecified atom stereocenters. The van der Waals surface area contributed by atoms with Crippen LogP contribution in [0.2, 0.25) is 5.02 Å². The van der Waals surface area contributed by atoms with Crippen LogP contribution < -0.4 is 0 Å².